The maximum absolute atomic E-state index is 11.2. The van der Waals surface area contributed by atoms with Gasteiger partial charge in [0.1, 0.15) is 5.83 Å². The van der Waals surface area contributed by atoms with Crippen LogP contribution in [0.3, 0.4) is 0 Å². The van der Waals surface area contributed by atoms with Crippen molar-refractivity contribution in [2.75, 3.05) is 0 Å². The van der Waals surface area contributed by atoms with Crippen LogP contribution in [0.15, 0.2) is 11.1 Å². The molecule has 0 atom stereocenters. The van der Waals surface area contributed by atoms with Crippen LogP contribution < -0.4 is 0 Å². The van der Waals surface area contributed by atoms with Crippen molar-refractivity contribution < 1.29 is 8.78 Å². The second-order valence-electron chi connectivity index (χ2n) is 0.794. The lowest BCUT2D eigenvalue weighted by atomic mass is 10.7. The van der Waals surface area contributed by atoms with E-state index in [0.717, 1.165) is 6.92 Å². The van der Waals surface area contributed by atoms with Crippen LogP contribution in [0, 0.1) is 0 Å². The van der Waals surface area contributed by atoms with Crippen LogP contribution in [0.25, 0.3) is 0 Å². The zero-order chi connectivity index (χ0) is 5.15. The van der Waals surface area contributed by atoms with Crippen LogP contribution in [-0.4, -0.2) is 0 Å². The molecule has 0 nitrogen and oxygen atoms in total. The number of halogens is 3. The minimum absolute atomic E-state index is 0.947. The second kappa shape index (κ2) is 2.13. The van der Waals surface area contributed by atoms with Gasteiger partial charge in [-0.3, -0.25) is 0 Å². The molecule has 0 radical (unpaired) electrons. The Morgan fingerprint density at radius 2 is 1.67 bits per heavy atom. The van der Waals surface area contributed by atoms with Crippen molar-refractivity contribution in [3.63, 3.8) is 0 Å². The summed E-state index contributed by atoms with van der Waals surface area (Å²) in [7, 11) is 0. The predicted molar refractivity (Wildman–Crippen MR) is 20.8 cm³/mol. The summed E-state index contributed by atoms with van der Waals surface area (Å²) in [6, 6.07) is 0. The molecular weight excluding hydrogens is 109 g/mol. The van der Waals surface area contributed by atoms with Gasteiger partial charge in [-0.1, -0.05) is 0 Å². The Labute approximate surface area is 39.4 Å². The SMILES string of the molecule is CC(F)=C(F)Cl. The van der Waals surface area contributed by atoms with Crippen LogP contribution in [0.5, 0.6) is 0 Å². The van der Waals surface area contributed by atoms with Crippen molar-refractivity contribution >= 4 is 11.6 Å². The lowest BCUT2D eigenvalue weighted by Gasteiger charge is -1.75. The lowest BCUT2D eigenvalue weighted by molar-refractivity contribution is 0.571. The summed E-state index contributed by atoms with van der Waals surface area (Å²) < 4.78 is 22.3. The van der Waals surface area contributed by atoms with Gasteiger partial charge in [-0.15, -0.1) is 0 Å². The van der Waals surface area contributed by atoms with E-state index in [1.165, 1.54) is 0 Å². The molecule has 0 saturated carbocycles. The van der Waals surface area contributed by atoms with Gasteiger partial charge in [-0.25, -0.2) is 4.39 Å². The Hall–Kier alpha value is -0.110. The highest BCUT2D eigenvalue weighted by Crippen LogP contribution is 2.09. The Morgan fingerprint density at radius 3 is 1.67 bits per heavy atom. The number of rotatable bonds is 0. The first-order valence-corrected chi connectivity index (χ1v) is 1.69. The highest BCUT2D eigenvalue weighted by molar-refractivity contribution is 6.28. The zero-order valence-electron chi connectivity index (χ0n) is 3.13. The molecule has 0 amide bonds. The van der Waals surface area contributed by atoms with E-state index >= 15 is 0 Å². The quantitative estimate of drug-likeness (QED) is 0.451. The topological polar surface area (TPSA) is 0 Å². The van der Waals surface area contributed by atoms with Gasteiger partial charge in [0, 0.05) is 0 Å². The fraction of sp³-hybridized carbons (Fsp3) is 0.333. The van der Waals surface area contributed by atoms with E-state index in [1.807, 2.05) is 0 Å². The average Bonchev–Trinajstić information content (AvgIpc) is 1.36. The third-order valence-electron chi connectivity index (χ3n) is 0.260. The Kier molecular flexibility index (Phi) is 2.09. The Balaban J connectivity index is 3.68. The minimum Gasteiger partial charge on any atom is -0.208 e. The molecule has 0 unspecified atom stereocenters. The molecular formula is C3H3ClF2. The fourth-order valence-corrected chi connectivity index (χ4v) is 0. The number of allylic oxidation sites excluding steroid dienone is 1. The van der Waals surface area contributed by atoms with Gasteiger partial charge in [0.05, 0.1) is 0 Å². The second-order valence-corrected chi connectivity index (χ2v) is 1.13. The average molecular weight is 113 g/mol. The lowest BCUT2D eigenvalue weighted by Crippen LogP contribution is -1.57. The van der Waals surface area contributed by atoms with Gasteiger partial charge >= 0.3 is 0 Å². The largest absolute Gasteiger partial charge is 0.220 e. The summed E-state index contributed by atoms with van der Waals surface area (Å²) in [6.07, 6.45) is 0. The molecule has 0 aliphatic rings. The van der Waals surface area contributed by atoms with Crippen molar-refractivity contribution in [1.82, 2.24) is 0 Å². The van der Waals surface area contributed by atoms with Crippen LogP contribution in [-0.2, 0) is 0 Å². The molecule has 0 fully saturated rings. The summed E-state index contributed by atoms with van der Waals surface area (Å²) in [4.78, 5) is 0. The molecule has 0 rings (SSSR count). The van der Waals surface area contributed by atoms with Gasteiger partial charge in [-0.2, -0.15) is 4.39 Å². The standard InChI is InChI=1S/C3H3ClF2/c1-2(5)3(4)6/h1H3. The van der Waals surface area contributed by atoms with Crippen molar-refractivity contribution in [1.29, 1.82) is 0 Å². The summed E-state index contributed by atoms with van der Waals surface area (Å²) in [5.41, 5.74) is 0. The highest BCUT2D eigenvalue weighted by Gasteiger charge is 1.89. The first kappa shape index (κ1) is 5.89. The third kappa shape index (κ3) is 2.15. The summed E-state index contributed by atoms with van der Waals surface area (Å²) in [6.45, 7) is 0.947. The molecule has 0 spiro atoms. The van der Waals surface area contributed by atoms with Gasteiger partial charge in [0.25, 0.3) is 0 Å². The van der Waals surface area contributed by atoms with Crippen LogP contribution in [0.4, 0.5) is 8.78 Å². The van der Waals surface area contributed by atoms with E-state index in [4.69, 9.17) is 0 Å². The van der Waals surface area contributed by atoms with Crippen molar-refractivity contribution in [3.05, 3.63) is 11.1 Å². The maximum Gasteiger partial charge on any atom is 0.220 e. The van der Waals surface area contributed by atoms with E-state index in [2.05, 4.69) is 11.6 Å². The monoisotopic (exact) mass is 112 g/mol. The molecule has 6 heavy (non-hydrogen) atoms. The fourth-order valence-electron chi connectivity index (χ4n) is 0. The van der Waals surface area contributed by atoms with E-state index in [0.29, 0.717) is 0 Å². The number of hydrogen-bond acceptors (Lipinski definition) is 0. The molecule has 0 aliphatic carbocycles. The van der Waals surface area contributed by atoms with Crippen LogP contribution in [0.1, 0.15) is 6.92 Å². The summed E-state index contributed by atoms with van der Waals surface area (Å²) in [5, 5.41) is -1.27. The van der Waals surface area contributed by atoms with Crippen LogP contribution >= 0.6 is 11.6 Å². The molecule has 3 heteroatoms. The van der Waals surface area contributed by atoms with E-state index in [1.54, 1.807) is 0 Å². The van der Waals surface area contributed by atoms with E-state index < -0.39 is 11.1 Å². The van der Waals surface area contributed by atoms with Crippen molar-refractivity contribution in [3.8, 4) is 0 Å². The van der Waals surface area contributed by atoms with Crippen molar-refractivity contribution in [2.24, 2.45) is 0 Å². The molecule has 0 bridgehead atoms. The predicted octanol–water partition coefficient (Wildman–Crippen LogP) is 2.35. The Bertz CT molecular complexity index is 58.9. The Morgan fingerprint density at radius 1 is 1.50 bits per heavy atom. The van der Waals surface area contributed by atoms with Gasteiger partial charge in [-0.05, 0) is 18.5 Å². The highest BCUT2D eigenvalue weighted by atomic mass is 35.5. The first-order chi connectivity index (χ1) is 2.64. The van der Waals surface area contributed by atoms with E-state index in [9.17, 15) is 8.78 Å². The maximum atomic E-state index is 11.2. The van der Waals surface area contributed by atoms with Crippen molar-refractivity contribution in [2.45, 2.75) is 6.92 Å². The molecule has 0 aromatic rings. The third-order valence-corrected chi connectivity index (χ3v) is 0.521. The van der Waals surface area contributed by atoms with Gasteiger partial charge < -0.3 is 0 Å². The van der Waals surface area contributed by atoms with Gasteiger partial charge in [0.2, 0.25) is 5.29 Å². The molecule has 0 saturated heterocycles. The zero-order valence-corrected chi connectivity index (χ0v) is 3.89. The van der Waals surface area contributed by atoms with E-state index in [-0.39, 0.29) is 0 Å². The smallest absolute Gasteiger partial charge is 0.208 e. The number of hydrogen-bond donors (Lipinski definition) is 0. The van der Waals surface area contributed by atoms with Gasteiger partial charge in [0.15, 0.2) is 0 Å². The molecule has 0 aliphatic heterocycles. The summed E-state index contributed by atoms with van der Waals surface area (Å²) >= 11 is 4.45. The molecule has 0 heterocycles. The molecule has 0 N–H and O–H groups in total. The molecule has 36 valence electrons. The first-order valence-electron chi connectivity index (χ1n) is 1.32. The minimum atomic E-state index is -1.27. The van der Waals surface area contributed by atoms with Crippen LogP contribution in [0.2, 0.25) is 0 Å². The normalized spacial score (nSPS) is 14.0. The molecule has 0 aromatic heterocycles. The molecule has 0 aromatic carbocycles. The summed E-state index contributed by atoms with van der Waals surface area (Å²) in [5.74, 6) is -0.975.